The number of anilines is 1. The quantitative estimate of drug-likeness (QED) is 0.885. The van der Waals surface area contributed by atoms with E-state index in [1.165, 1.54) is 0 Å². The molecule has 1 aromatic carbocycles. The summed E-state index contributed by atoms with van der Waals surface area (Å²) in [6, 6.07) is 9.23. The summed E-state index contributed by atoms with van der Waals surface area (Å²) in [6.45, 7) is 0.344. The fourth-order valence-electron chi connectivity index (χ4n) is 1.25. The van der Waals surface area contributed by atoms with Gasteiger partial charge in [-0.3, -0.25) is 0 Å². The van der Waals surface area contributed by atoms with Crippen LogP contribution in [0.1, 0.15) is 5.56 Å². The second kappa shape index (κ2) is 5.33. The highest BCUT2D eigenvalue weighted by Crippen LogP contribution is 2.16. The summed E-state index contributed by atoms with van der Waals surface area (Å²) in [5.74, 6) is 0.355. The second-order valence-electron chi connectivity index (χ2n) is 3.32. The number of hydrogen-bond donors (Lipinski definition) is 1. The Labute approximate surface area is 112 Å². The molecule has 2 rings (SSSR count). The van der Waals surface area contributed by atoms with Gasteiger partial charge in [-0.05, 0) is 33.6 Å². The Kier molecular flexibility index (Phi) is 3.81. The summed E-state index contributed by atoms with van der Waals surface area (Å²) in [5.41, 5.74) is 6.51. The Hall–Kier alpha value is -1.33. The SMILES string of the molecule is Nc1cc(Br)nc(OCc2cccc(Cl)c2)n1. The maximum absolute atomic E-state index is 5.86. The Bertz CT molecular complexity index is 516. The molecule has 1 heterocycles. The van der Waals surface area contributed by atoms with Gasteiger partial charge in [0.2, 0.25) is 0 Å². The Morgan fingerprint density at radius 1 is 1.29 bits per heavy atom. The van der Waals surface area contributed by atoms with Crippen molar-refractivity contribution in [2.75, 3.05) is 5.73 Å². The van der Waals surface area contributed by atoms with Gasteiger partial charge in [-0.25, -0.2) is 0 Å². The van der Waals surface area contributed by atoms with E-state index in [0.717, 1.165) is 5.56 Å². The Morgan fingerprint density at radius 3 is 2.82 bits per heavy atom. The molecule has 17 heavy (non-hydrogen) atoms. The van der Waals surface area contributed by atoms with E-state index in [1.807, 2.05) is 18.2 Å². The molecule has 0 amide bonds. The van der Waals surface area contributed by atoms with Crippen molar-refractivity contribution in [2.45, 2.75) is 6.61 Å². The Balaban J connectivity index is 2.07. The number of nitrogens with zero attached hydrogens (tertiary/aromatic N) is 2. The van der Waals surface area contributed by atoms with Gasteiger partial charge in [-0.1, -0.05) is 23.7 Å². The molecule has 0 fully saturated rings. The van der Waals surface area contributed by atoms with Crippen molar-refractivity contribution in [3.8, 4) is 6.01 Å². The van der Waals surface area contributed by atoms with Crippen LogP contribution in [0, 0.1) is 0 Å². The van der Waals surface area contributed by atoms with Gasteiger partial charge in [0.05, 0.1) is 0 Å². The van der Waals surface area contributed by atoms with Gasteiger partial charge >= 0.3 is 6.01 Å². The molecule has 2 N–H and O–H groups in total. The van der Waals surface area contributed by atoms with Gasteiger partial charge in [0, 0.05) is 11.1 Å². The molecule has 0 aliphatic rings. The molecule has 0 atom stereocenters. The minimum atomic E-state index is 0.233. The first kappa shape index (κ1) is 12.1. The number of benzene rings is 1. The summed E-state index contributed by atoms with van der Waals surface area (Å²) in [5, 5.41) is 0.667. The van der Waals surface area contributed by atoms with Crippen molar-refractivity contribution in [3.63, 3.8) is 0 Å². The van der Waals surface area contributed by atoms with E-state index < -0.39 is 0 Å². The molecule has 0 spiro atoms. The van der Waals surface area contributed by atoms with E-state index in [9.17, 15) is 0 Å². The molecule has 6 heteroatoms. The largest absolute Gasteiger partial charge is 0.459 e. The molecule has 0 radical (unpaired) electrons. The zero-order valence-electron chi connectivity index (χ0n) is 8.73. The van der Waals surface area contributed by atoms with E-state index in [0.29, 0.717) is 22.1 Å². The number of nitrogens with two attached hydrogens (primary N) is 1. The predicted octanol–water partition coefficient (Wildman–Crippen LogP) is 3.05. The number of ether oxygens (including phenoxy) is 1. The van der Waals surface area contributed by atoms with E-state index in [1.54, 1.807) is 12.1 Å². The smallest absolute Gasteiger partial charge is 0.319 e. The van der Waals surface area contributed by atoms with Crippen LogP contribution in [0.5, 0.6) is 6.01 Å². The number of aromatic nitrogens is 2. The third-order valence-corrected chi connectivity index (χ3v) is 2.59. The van der Waals surface area contributed by atoms with Gasteiger partial charge in [-0.2, -0.15) is 9.97 Å². The van der Waals surface area contributed by atoms with E-state index >= 15 is 0 Å². The topological polar surface area (TPSA) is 61.0 Å². The van der Waals surface area contributed by atoms with E-state index in [4.69, 9.17) is 22.1 Å². The second-order valence-corrected chi connectivity index (χ2v) is 4.57. The highest BCUT2D eigenvalue weighted by atomic mass is 79.9. The molecule has 0 aliphatic heterocycles. The summed E-state index contributed by atoms with van der Waals surface area (Å²) >= 11 is 9.08. The molecule has 88 valence electrons. The summed E-state index contributed by atoms with van der Waals surface area (Å²) in [6.07, 6.45) is 0. The lowest BCUT2D eigenvalue weighted by atomic mass is 10.2. The Morgan fingerprint density at radius 2 is 2.12 bits per heavy atom. The predicted molar refractivity (Wildman–Crippen MR) is 69.9 cm³/mol. The number of hydrogen-bond acceptors (Lipinski definition) is 4. The first-order valence-electron chi connectivity index (χ1n) is 4.81. The van der Waals surface area contributed by atoms with Crippen LogP contribution in [0.3, 0.4) is 0 Å². The molecular weight excluding hydrogens is 305 g/mol. The minimum absolute atomic E-state index is 0.233. The molecule has 0 aliphatic carbocycles. The van der Waals surface area contributed by atoms with Crippen LogP contribution in [0.2, 0.25) is 5.02 Å². The van der Waals surface area contributed by atoms with Crippen LogP contribution < -0.4 is 10.5 Å². The first-order chi connectivity index (χ1) is 8.13. The fourth-order valence-corrected chi connectivity index (χ4v) is 1.85. The van der Waals surface area contributed by atoms with Crippen LogP contribution in [-0.2, 0) is 6.61 Å². The van der Waals surface area contributed by atoms with Gasteiger partial charge in [-0.15, -0.1) is 0 Å². The zero-order chi connectivity index (χ0) is 12.3. The average Bonchev–Trinajstić information content (AvgIpc) is 2.25. The number of nitrogen functional groups attached to an aromatic ring is 1. The van der Waals surface area contributed by atoms with Gasteiger partial charge in [0.15, 0.2) is 0 Å². The summed E-state index contributed by atoms with van der Waals surface area (Å²) in [4.78, 5) is 7.99. The molecule has 4 nitrogen and oxygen atoms in total. The fraction of sp³-hybridized carbons (Fsp3) is 0.0909. The highest BCUT2D eigenvalue weighted by Gasteiger charge is 2.02. The highest BCUT2D eigenvalue weighted by molar-refractivity contribution is 9.10. The van der Waals surface area contributed by atoms with Crippen LogP contribution in [-0.4, -0.2) is 9.97 Å². The molecule has 1 aromatic heterocycles. The third-order valence-electron chi connectivity index (χ3n) is 1.95. The van der Waals surface area contributed by atoms with Crippen LogP contribution >= 0.6 is 27.5 Å². The third kappa shape index (κ3) is 3.57. The number of rotatable bonds is 3. The summed E-state index contributed by atoms with van der Waals surface area (Å²) < 4.78 is 6.01. The lowest BCUT2D eigenvalue weighted by molar-refractivity contribution is 0.280. The maximum atomic E-state index is 5.86. The zero-order valence-corrected chi connectivity index (χ0v) is 11.1. The molecule has 0 saturated heterocycles. The van der Waals surface area contributed by atoms with Crippen LogP contribution in [0.25, 0.3) is 0 Å². The van der Waals surface area contributed by atoms with Crippen LogP contribution in [0.4, 0.5) is 5.82 Å². The summed E-state index contributed by atoms with van der Waals surface area (Å²) in [7, 11) is 0. The lowest BCUT2D eigenvalue weighted by Crippen LogP contribution is -2.01. The average molecular weight is 315 g/mol. The van der Waals surface area contributed by atoms with Gasteiger partial charge in [0.25, 0.3) is 0 Å². The standard InChI is InChI=1S/C11H9BrClN3O/c12-9-5-10(14)16-11(15-9)17-6-7-2-1-3-8(13)4-7/h1-5H,6H2,(H2,14,15,16). The van der Waals surface area contributed by atoms with E-state index in [-0.39, 0.29) is 6.01 Å². The molecule has 0 saturated carbocycles. The first-order valence-corrected chi connectivity index (χ1v) is 5.98. The van der Waals surface area contributed by atoms with Crippen molar-refractivity contribution in [1.29, 1.82) is 0 Å². The molecular formula is C11H9BrClN3O. The van der Waals surface area contributed by atoms with Crippen molar-refractivity contribution in [2.24, 2.45) is 0 Å². The minimum Gasteiger partial charge on any atom is -0.459 e. The van der Waals surface area contributed by atoms with Crippen molar-refractivity contribution >= 4 is 33.3 Å². The van der Waals surface area contributed by atoms with Gasteiger partial charge in [0.1, 0.15) is 17.0 Å². The van der Waals surface area contributed by atoms with Gasteiger partial charge < -0.3 is 10.5 Å². The van der Waals surface area contributed by atoms with Crippen molar-refractivity contribution in [1.82, 2.24) is 9.97 Å². The van der Waals surface area contributed by atoms with Crippen molar-refractivity contribution in [3.05, 3.63) is 45.5 Å². The normalized spacial score (nSPS) is 10.2. The van der Waals surface area contributed by atoms with Crippen LogP contribution in [0.15, 0.2) is 34.9 Å². The monoisotopic (exact) mass is 313 g/mol. The van der Waals surface area contributed by atoms with Crippen molar-refractivity contribution < 1.29 is 4.74 Å². The lowest BCUT2D eigenvalue weighted by Gasteiger charge is -2.05. The number of halogens is 2. The van der Waals surface area contributed by atoms with E-state index in [2.05, 4.69) is 25.9 Å². The molecule has 0 bridgehead atoms. The molecule has 2 aromatic rings. The molecule has 0 unspecified atom stereocenters. The maximum Gasteiger partial charge on any atom is 0.319 e.